The van der Waals surface area contributed by atoms with E-state index in [2.05, 4.69) is 15.6 Å². The third-order valence-electron chi connectivity index (χ3n) is 3.63. The van der Waals surface area contributed by atoms with Gasteiger partial charge in [-0.1, -0.05) is 41.9 Å². The van der Waals surface area contributed by atoms with Crippen LogP contribution >= 0.6 is 11.6 Å². The summed E-state index contributed by atoms with van der Waals surface area (Å²) in [5, 5.41) is 6.40. The average molecular weight is 341 g/mol. The molecule has 3 aromatic rings. The molecule has 122 valence electrons. The lowest BCUT2D eigenvalue weighted by molar-refractivity contribution is 0.249. The molecule has 5 nitrogen and oxygen atoms in total. The highest BCUT2D eigenvalue weighted by molar-refractivity contribution is 6.30. The number of nitrogens with zero attached hydrogens (tertiary/aromatic N) is 2. The molecule has 6 heteroatoms. The topological polar surface area (TPSA) is 59.0 Å². The van der Waals surface area contributed by atoms with Gasteiger partial charge in [0.1, 0.15) is 11.9 Å². The van der Waals surface area contributed by atoms with Crippen LogP contribution in [-0.2, 0) is 7.05 Å². The van der Waals surface area contributed by atoms with Crippen molar-refractivity contribution in [3.05, 3.63) is 83.4 Å². The van der Waals surface area contributed by atoms with E-state index < -0.39 is 0 Å². The number of rotatable bonds is 4. The number of hydrogen-bond donors (Lipinski definition) is 2. The Balaban J connectivity index is 1.80. The van der Waals surface area contributed by atoms with Crippen LogP contribution in [0.1, 0.15) is 17.4 Å². The number of anilines is 1. The second kappa shape index (κ2) is 7.19. The van der Waals surface area contributed by atoms with Crippen LogP contribution in [0.3, 0.4) is 0 Å². The molecule has 0 fully saturated rings. The summed E-state index contributed by atoms with van der Waals surface area (Å²) in [5.74, 6) is 0.757. The largest absolute Gasteiger partial charge is 0.336 e. The van der Waals surface area contributed by atoms with Gasteiger partial charge < -0.3 is 15.2 Å². The second-order valence-electron chi connectivity index (χ2n) is 5.35. The number of carbonyl (C=O) groups is 1. The minimum atomic E-state index is -0.349. The van der Waals surface area contributed by atoms with E-state index in [1.165, 1.54) is 0 Å². The number of halogens is 1. The van der Waals surface area contributed by atoms with Gasteiger partial charge in [-0.05, 0) is 29.8 Å². The molecule has 1 atom stereocenters. The maximum Gasteiger partial charge on any atom is 0.320 e. The van der Waals surface area contributed by atoms with Crippen LogP contribution in [0, 0.1) is 0 Å². The number of nitrogens with one attached hydrogen (secondary N) is 2. The van der Waals surface area contributed by atoms with Gasteiger partial charge in [-0.2, -0.15) is 0 Å². The molecule has 2 N–H and O–H groups in total. The summed E-state index contributed by atoms with van der Waals surface area (Å²) >= 11 is 5.86. The predicted molar refractivity (Wildman–Crippen MR) is 95.1 cm³/mol. The van der Waals surface area contributed by atoms with Crippen molar-refractivity contribution in [2.24, 2.45) is 7.05 Å². The Morgan fingerprint density at radius 1 is 1.12 bits per heavy atom. The fraction of sp³-hybridized carbons (Fsp3) is 0.111. The van der Waals surface area contributed by atoms with E-state index in [1.54, 1.807) is 30.5 Å². The molecule has 0 unspecified atom stereocenters. The normalized spacial score (nSPS) is 11.8. The maximum absolute atomic E-state index is 12.4. The monoisotopic (exact) mass is 340 g/mol. The first-order valence-electron chi connectivity index (χ1n) is 7.49. The Morgan fingerprint density at radius 3 is 2.46 bits per heavy atom. The van der Waals surface area contributed by atoms with Crippen LogP contribution in [0.5, 0.6) is 0 Å². The van der Waals surface area contributed by atoms with Crippen molar-refractivity contribution in [1.29, 1.82) is 0 Å². The molecule has 0 spiro atoms. The van der Waals surface area contributed by atoms with E-state index in [-0.39, 0.29) is 12.1 Å². The molecule has 0 saturated heterocycles. The summed E-state index contributed by atoms with van der Waals surface area (Å²) in [4.78, 5) is 16.8. The Hall–Kier alpha value is -2.79. The molecule has 24 heavy (non-hydrogen) atoms. The van der Waals surface area contributed by atoms with Crippen LogP contribution in [0.15, 0.2) is 67.0 Å². The first kappa shape index (κ1) is 16.1. The lowest BCUT2D eigenvalue weighted by atomic mass is 10.1. The number of hydrogen-bond acceptors (Lipinski definition) is 2. The molecule has 2 amide bonds. The Labute approximate surface area is 145 Å². The zero-order valence-corrected chi connectivity index (χ0v) is 13.9. The smallest absolute Gasteiger partial charge is 0.320 e. The lowest BCUT2D eigenvalue weighted by Gasteiger charge is -2.19. The highest BCUT2D eigenvalue weighted by Gasteiger charge is 2.20. The van der Waals surface area contributed by atoms with Crippen LogP contribution in [-0.4, -0.2) is 15.6 Å². The number of amides is 2. The standard InChI is InChI=1S/C18H17ClN4O/c1-23-12-11-20-17(23)16(13-5-3-2-4-6-13)22-18(24)21-15-9-7-14(19)8-10-15/h2-12,16H,1H3,(H2,21,22,24)/t16-/m0/s1. The van der Waals surface area contributed by atoms with E-state index in [0.29, 0.717) is 10.7 Å². The summed E-state index contributed by atoms with van der Waals surface area (Å²) in [7, 11) is 1.90. The fourth-order valence-electron chi connectivity index (χ4n) is 2.43. The van der Waals surface area contributed by atoms with E-state index in [4.69, 9.17) is 11.6 Å². The van der Waals surface area contributed by atoms with Gasteiger partial charge >= 0.3 is 6.03 Å². The van der Waals surface area contributed by atoms with E-state index in [0.717, 1.165) is 11.4 Å². The highest BCUT2D eigenvalue weighted by Crippen LogP contribution is 2.20. The fourth-order valence-corrected chi connectivity index (χ4v) is 2.56. The molecule has 0 radical (unpaired) electrons. The van der Waals surface area contributed by atoms with Crippen molar-refractivity contribution < 1.29 is 4.79 Å². The zero-order chi connectivity index (χ0) is 16.9. The Bertz CT molecular complexity index is 815. The first-order chi connectivity index (χ1) is 11.6. The van der Waals surface area contributed by atoms with Crippen molar-refractivity contribution in [1.82, 2.24) is 14.9 Å². The number of urea groups is 1. The van der Waals surface area contributed by atoms with Gasteiger partial charge in [0.05, 0.1) is 0 Å². The third kappa shape index (κ3) is 3.75. The minimum Gasteiger partial charge on any atom is -0.336 e. The SMILES string of the molecule is Cn1ccnc1[C@@H](NC(=O)Nc1ccc(Cl)cc1)c1ccccc1. The molecule has 3 rings (SSSR count). The molecule has 2 aromatic carbocycles. The van der Waals surface area contributed by atoms with Crippen molar-refractivity contribution in [3.63, 3.8) is 0 Å². The van der Waals surface area contributed by atoms with Gasteiger partial charge in [0.2, 0.25) is 0 Å². The second-order valence-corrected chi connectivity index (χ2v) is 5.78. The highest BCUT2D eigenvalue weighted by atomic mass is 35.5. The maximum atomic E-state index is 12.4. The van der Waals surface area contributed by atoms with Gasteiger partial charge in [0.25, 0.3) is 0 Å². The van der Waals surface area contributed by atoms with Gasteiger partial charge in [-0.15, -0.1) is 0 Å². The summed E-state index contributed by atoms with van der Waals surface area (Å²) in [6.45, 7) is 0. The molecule has 0 saturated carbocycles. The van der Waals surface area contributed by atoms with Crippen LogP contribution in [0.25, 0.3) is 0 Å². The minimum absolute atomic E-state index is 0.311. The van der Waals surface area contributed by atoms with Crippen LogP contribution < -0.4 is 10.6 Å². The number of carbonyl (C=O) groups excluding carboxylic acids is 1. The molecule has 1 aromatic heterocycles. The zero-order valence-electron chi connectivity index (χ0n) is 13.1. The van der Waals surface area contributed by atoms with E-state index in [1.807, 2.05) is 48.1 Å². The van der Waals surface area contributed by atoms with Gasteiger partial charge in [0.15, 0.2) is 0 Å². The van der Waals surface area contributed by atoms with Gasteiger partial charge in [-0.3, -0.25) is 0 Å². The summed E-state index contributed by atoms with van der Waals surface area (Å²) in [6, 6.07) is 16.0. The van der Waals surface area contributed by atoms with E-state index in [9.17, 15) is 4.79 Å². The first-order valence-corrected chi connectivity index (χ1v) is 7.86. The van der Waals surface area contributed by atoms with Crippen LogP contribution in [0.2, 0.25) is 5.02 Å². The number of aryl methyl sites for hydroxylation is 1. The van der Waals surface area contributed by atoms with Gasteiger partial charge in [-0.25, -0.2) is 9.78 Å². The van der Waals surface area contributed by atoms with E-state index >= 15 is 0 Å². The molecule has 0 aliphatic rings. The number of imidazole rings is 1. The number of benzene rings is 2. The lowest BCUT2D eigenvalue weighted by Crippen LogP contribution is -2.34. The van der Waals surface area contributed by atoms with Crippen molar-refractivity contribution >= 4 is 23.3 Å². The van der Waals surface area contributed by atoms with Crippen molar-refractivity contribution in [2.75, 3.05) is 5.32 Å². The van der Waals surface area contributed by atoms with Gasteiger partial charge in [0, 0.05) is 30.2 Å². The Kier molecular flexibility index (Phi) is 4.82. The quantitative estimate of drug-likeness (QED) is 0.754. The summed E-state index contributed by atoms with van der Waals surface area (Å²) in [5.41, 5.74) is 1.63. The van der Waals surface area contributed by atoms with Crippen molar-refractivity contribution in [2.45, 2.75) is 6.04 Å². The third-order valence-corrected chi connectivity index (χ3v) is 3.88. The molecule has 1 heterocycles. The summed E-state index contributed by atoms with van der Waals surface area (Å²) in [6.07, 6.45) is 3.56. The summed E-state index contributed by atoms with van der Waals surface area (Å²) < 4.78 is 1.89. The molecule has 0 aliphatic heterocycles. The molecular weight excluding hydrogens is 324 g/mol. The average Bonchev–Trinajstić information content (AvgIpc) is 3.01. The molecular formula is C18H17ClN4O. The molecule has 0 aliphatic carbocycles. The predicted octanol–water partition coefficient (Wildman–Crippen LogP) is 3.98. The Morgan fingerprint density at radius 2 is 1.83 bits per heavy atom. The van der Waals surface area contributed by atoms with Crippen LogP contribution in [0.4, 0.5) is 10.5 Å². The number of aromatic nitrogens is 2. The van der Waals surface area contributed by atoms with Crippen molar-refractivity contribution in [3.8, 4) is 0 Å². The molecule has 0 bridgehead atoms.